The Morgan fingerprint density at radius 2 is 1.97 bits per heavy atom. The number of nitrogens with one attached hydrogen (secondary N) is 1. The number of amides is 1. The quantitative estimate of drug-likeness (QED) is 0.620. The van der Waals surface area contributed by atoms with Crippen LogP contribution in [-0.4, -0.2) is 49.6 Å². The number of thioether (sulfide) groups is 1. The third-order valence-electron chi connectivity index (χ3n) is 5.56. The Morgan fingerprint density at radius 1 is 1.30 bits per heavy atom. The van der Waals surface area contributed by atoms with Crippen molar-refractivity contribution < 1.29 is 32.3 Å². The Kier molecular flexibility index (Phi) is 6.63. The van der Waals surface area contributed by atoms with Gasteiger partial charge in [-0.25, -0.2) is 22.4 Å². The molecule has 2 N–H and O–H groups in total. The van der Waals surface area contributed by atoms with Gasteiger partial charge in [-0.05, 0) is 31.2 Å². The second kappa shape index (κ2) is 8.86. The summed E-state index contributed by atoms with van der Waals surface area (Å²) in [6.45, 7) is 2.15. The molecule has 12 heteroatoms. The molecule has 3 rings (SSSR count). The standard InChI is InChI=1S/C18H22F4N4O3S/c1-2-18(23-12(9-30-18)17(28)29)10-3-5-25(6-4-10)14(27)8-26-13(16(21)22)7-11(24-26)15(19)20/h7,9-10,15-16,23H,2-6,8H2,1H3,(H,28,29). The van der Waals surface area contributed by atoms with E-state index in [1.165, 1.54) is 16.7 Å². The molecule has 0 aromatic carbocycles. The topological polar surface area (TPSA) is 87.5 Å². The van der Waals surface area contributed by atoms with Gasteiger partial charge in [-0.3, -0.25) is 9.48 Å². The molecule has 2 aliphatic rings. The van der Waals surface area contributed by atoms with Gasteiger partial charge in [0.15, 0.2) is 0 Å². The summed E-state index contributed by atoms with van der Waals surface area (Å²) < 4.78 is 52.4. The van der Waals surface area contributed by atoms with Crippen molar-refractivity contribution in [2.24, 2.45) is 5.92 Å². The highest BCUT2D eigenvalue weighted by Crippen LogP contribution is 2.44. The van der Waals surface area contributed by atoms with Crippen LogP contribution in [0.3, 0.4) is 0 Å². The molecule has 1 saturated heterocycles. The molecule has 166 valence electrons. The lowest BCUT2D eigenvalue weighted by Gasteiger charge is -2.42. The first-order valence-corrected chi connectivity index (χ1v) is 10.4. The fraction of sp³-hybridized carbons (Fsp3) is 0.611. The number of carbonyl (C=O) groups excluding carboxylic acids is 1. The van der Waals surface area contributed by atoms with E-state index >= 15 is 0 Å². The highest BCUT2D eigenvalue weighted by Gasteiger charge is 2.44. The van der Waals surface area contributed by atoms with Crippen LogP contribution in [0.5, 0.6) is 0 Å². The third kappa shape index (κ3) is 4.42. The number of likely N-dealkylation sites (tertiary alicyclic amines) is 1. The van der Waals surface area contributed by atoms with E-state index in [0.717, 1.165) is 0 Å². The maximum absolute atomic E-state index is 13.1. The first-order valence-electron chi connectivity index (χ1n) is 9.48. The number of hydrogen-bond acceptors (Lipinski definition) is 5. The summed E-state index contributed by atoms with van der Waals surface area (Å²) in [6, 6.07) is 0.621. The van der Waals surface area contributed by atoms with E-state index in [0.29, 0.717) is 43.1 Å². The monoisotopic (exact) mass is 450 g/mol. The number of rotatable bonds is 7. The summed E-state index contributed by atoms with van der Waals surface area (Å²) in [7, 11) is 0. The number of piperidine rings is 1. The van der Waals surface area contributed by atoms with Gasteiger partial charge in [0.05, 0.1) is 4.87 Å². The summed E-state index contributed by atoms with van der Waals surface area (Å²) in [5, 5.41) is 17.3. The zero-order valence-corrected chi connectivity index (χ0v) is 17.0. The molecule has 2 aliphatic heterocycles. The van der Waals surface area contributed by atoms with Crippen LogP contribution in [0.2, 0.25) is 0 Å². The normalized spacial score (nSPS) is 22.5. The lowest BCUT2D eigenvalue weighted by Crippen LogP contribution is -2.51. The highest BCUT2D eigenvalue weighted by molar-refractivity contribution is 8.03. The molecule has 1 unspecified atom stereocenters. The van der Waals surface area contributed by atoms with Gasteiger partial charge in [0.1, 0.15) is 23.6 Å². The van der Waals surface area contributed by atoms with Crippen molar-refractivity contribution in [1.82, 2.24) is 20.0 Å². The summed E-state index contributed by atoms with van der Waals surface area (Å²) in [5.41, 5.74) is -1.35. The largest absolute Gasteiger partial charge is 0.477 e. The SMILES string of the molecule is CCC1(C2CCN(C(=O)Cn3nc(C(F)F)cc3C(F)F)CC2)NC(C(=O)O)=CS1. The average molecular weight is 450 g/mol. The van der Waals surface area contributed by atoms with Crippen LogP contribution in [0.15, 0.2) is 17.2 Å². The molecule has 0 bridgehead atoms. The molecule has 1 aromatic heterocycles. The van der Waals surface area contributed by atoms with Crippen LogP contribution < -0.4 is 5.32 Å². The smallest absolute Gasteiger partial charge is 0.352 e. The molecule has 0 radical (unpaired) electrons. The van der Waals surface area contributed by atoms with Gasteiger partial charge >= 0.3 is 5.97 Å². The molecule has 7 nitrogen and oxygen atoms in total. The Hall–Kier alpha value is -2.24. The summed E-state index contributed by atoms with van der Waals surface area (Å²) >= 11 is 1.43. The average Bonchev–Trinajstić information content (AvgIpc) is 3.33. The zero-order chi connectivity index (χ0) is 22.1. The molecule has 1 atom stereocenters. The minimum Gasteiger partial charge on any atom is -0.477 e. The predicted octanol–water partition coefficient (Wildman–Crippen LogP) is 3.37. The molecule has 0 spiro atoms. The van der Waals surface area contributed by atoms with Gasteiger partial charge in [0, 0.05) is 18.5 Å². The van der Waals surface area contributed by atoms with E-state index < -0.39 is 47.5 Å². The van der Waals surface area contributed by atoms with Crippen molar-refractivity contribution in [3.8, 4) is 0 Å². The molecule has 0 aliphatic carbocycles. The van der Waals surface area contributed by atoms with Gasteiger partial charge in [-0.15, -0.1) is 11.8 Å². The fourth-order valence-corrected chi connectivity index (χ4v) is 5.15. The van der Waals surface area contributed by atoms with Crippen molar-refractivity contribution >= 4 is 23.6 Å². The van der Waals surface area contributed by atoms with Crippen LogP contribution >= 0.6 is 11.8 Å². The van der Waals surface area contributed by atoms with Crippen molar-refractivity contribution in [3.05, 3.63) is 28.6 Å². The number of carboxylic acids is 1. The van der Waals surface area contributed by atoms with Gasteiger partial charge in [0.25, 0.3) is 12.9 Å². The lowest BCUT2D eigenvalue weighted by atomic mass is 9.87. The molecule has 1 aromatic rings. The van der Waals surface area contributed by atoms with Crippen LogP contribution in [0.25, 0.3) is 0 Å². The third-order valence-corrected chi connectivity index (χ3v) is 7.06. The first-order chi connectivity index (χ1) is 14.2. The Bertz CT molecular complexity index is 839. The zero-order valence-electron chi connectivity index (χ0n) is 16.2. The number of hydrogen-bond donors (Lipinski definition) is 2. The van der Waals surface area contributed by atoms with E-state index in [4.69, 9.17) is 0 Å². The van der Waals surface area contributed by atoms with E-state index in [2.05, 4.69) is 10.4 Å². The van der Waals surface area contributed by atoms with E-state index in [-0.39, 0.29) is 11.6 Å². The second-order valence-electron chi connectivity index (χ2n) is 7.23. The van der Waals surface area contributed by atoms with Crippen molar-refractivity contribution in [2.75, 3.05) is 13.1 Å². The van der Waals surface area contributed by atoms with Crippen LogP contribution in [-0.2, 0) is 16.1 Å². The molecule has 1 fully saturated rings. The van der Waals surface area contributed by atoms with Crippen molar-refractivity contribution in [2.45, 2.75) is 50.5 Å². The number of carbonyl (C=O) groups is 2. The summed E-state index contributed by atoms with van der Waals surface area (Å²) in [6.07, 6.45) is -4.13. The van der Waals surface area contributed by atoms with Crippen LogP contribution in [0, 0.1) is 5.92 Å². The number of alkyl halides is 4. The number of carboxylic acid groups (broad SMARTS) is 1. The van der Waals surface area contributed by atoms with Gasteiger partial charge in [-0.2, -0.15) is 5.10 Å². The molecule has 1 amide bonds. The Labute approximate surface area is 174 Å². The maximum Gasteiger partial charge on any atom is 0.352 e. The molecule has 3 heterocycles. The first kappa shape index (κ1) is 22.4. The fourth-order valence-electron chi connectivity index (χ4n) is 3.90. The summed E-state index contributed by atoms with van der Waals surface area (Å²) in [5.74, 6) is -1.39. The van der Waals surface area contributed by atoms with E-state index in [1.54, 1.807) is 5.41 Å². The summed E-state index contributed by atoms with van der Waals surface area (Å²) in [4.78, 5) is 24.8. The van der Waals surface area contributed by atoms with Gasteiger partial charge < -0.3 is 15.3 Å². The number of aliphatic carboxylic acids is 1. The van der Waals surface area contributed by atoms with Crippen LogP contribution in [0.4, 0.5) is 17.6 Å². The minimum absolute atomic E-state index is 0.108. The van der Waals surface area contributed by atoms with Crippen molar-refractivity contribution in [3.63, 3.8) is 0 Å². The molecule has 30 heavy (non-hydrogen) atoms. The van der Waals surface area contributed by atoms with Gasteiger partial charge in [-0.1, -0.05) is 6.92 Å². The number of nitrogens with zero attached hydrogens (tertiary/aromatic N) is 3. The highest BCUT2D eigenvalue weighted by atomic mass is 32.2. The van der Waals surface area contributed by atoms with E-state index in [9.17, 15) is 32.3 Å². The Balaban J connectivity index is 1.62. The van der Waals surface area contributed by atoms with Crippen LogP contribution in [0.1, 0.15) is 50.4 Å². The Morgan fingerprint density at radius 3 is 2.47 bits per heavy atom. The van der Waals surface area contributed by atoms with Gasteiger partial charge in [0.2, 0.25) is 5.91 Å². The molecular weight excluding hydrogens is 428 g/mol. The molecule has 0 saturated carbocycles. The molecular formula is C18H22F4N4O3S. The predicted molar refractivity (Wildman–Crippen MR) is 101 cm³/mol. The number of halogens is 4. The van der Waals surface area contributed by atoms with Crippen molar-refractivity contribution in [1.29, 1.82) is 0 Å². The second-order valence-corrected chi connectivity index (χ2v) is 8.43. The minimum atomic E-state index is -3.02. The van der Waals surface area contributed by atoms with E-state index in [1.807, 2.05) is 6.92 Å². The lowest BCUT2D eigenvalue weighted by molar-refractivity contribution is -0.133. The number of aromatic nitrogens is 2. The maximum atomic E-state index is 13.1.